The van der Waals surface area contributed by atoms with Crippen molar-refractivity contribution in [2.24, 2.45) is 0 Å². The summed E-state index contributed by atoms with van der Waals surface area (Å²) in [5, 5.41) is 0. The van der Waals surface area contributed by atoms with Crippen LogP contribution >= 0.6 is 0 Å². The molecular formula is C18H20N2O4S. The maximum absolute atomic E-state index is 12.6. The van der Waals surface area contributed by atoms with Crippen LogP contribution in [0, 0.1) is 0 Å². The number of nitrogens with one attached hydrogen (secondary N) is 1. The Labute approximate surface area is 147 Å². The lowest BCUT2D eigenvalue weighted by Crippen LogP contribution is -2.42. The van der Waals surface area contributed by atoms with Gasteiger partial charge < -0.3 is 9.47 Å². The van der Waals surface area contributed by atoms with E-state index in [4.69, 9.17) is 9.47 Å². The molecule has 0 radical (unpaired) electrons. The first-order valence-corrected chi connectivity index (χ1v) is 9.67. The van der Waals surface area contributed by atoms with Gasteiger partial charge in [-0.25, -0.2) is 13.1 Å². The van der Waals surface area contributed by atoms with Crippen LogP contribution < -0.4 is 14.2 Å². The quantitative estimate of drug-likeness (QED) is 0.901. The summed E-state index contributed by atoms with van der Waals surface area (Å²) in [5.41, 5.74) is 1.12. The van der Waals surface area contributed by atoms with E-state index in [2.05, 4.69) is 9.62 Å². The molecule has 132 valence electrons. The van der Waals surface area contributed by atoms with Gasteiger partial charge in [-0.3, -0.25) is 4.90 Å². The maximum Gasteiger partial charge on any atom is 0.244 e. The number of para-hydroxylation sites is 1. The molecule has 2 heterocycles. The van der Waals surface area contributed by atoms with Crippen molar-refractivity contribution in [3.8, 4) is 11.5 Å². The zero-order valence-corrected chi connectivity index (χ0v) is 14.7. The van der Waals surface area contributed by atoms with Crippen molar-refractivity contribution in [2.45, 2.75) is 23.6 Å². The predicted molar refractivity (Wildman–Crippen MR) is 93.2 cm³/mol. The minimum atomic E-state index is -3.56. The van der Waals surface area contributed by atoms with Crippen LogP contribution in [-0.2, 0) is 16.6 Å². The number of nitrogens with zero attached hydrogens (tertiary/aromatic N) is 1. The number of benzene rings is 2. The highest BCUT2D eigenvalue weighted by Gasteiger charge is 2.40. The second-order valence-electron chi connectivity index (χ2n) is 6.38. The van der Waals surface area contributed by atoms with Gasteiger partial charge >= 0.3 is 0 Å². The van der Waals surface area contributed by atoms with E-state index in [9.17, 15) is 8.42 Å². The number of sulfonamides is 1. The lowest BCUT2D eigenvalue weighted by Gasteiger charge is -2.17. The summed E-state index contributed by atoms with van der Waals surface area (Å²) in [7, 11) is -1.92. The summed E-state index contributed by atoms with van der Waals surface area (Å²) in [5.74, 6) is 1.24. The molecule has 2 aliphatic heterocycles. The van der Waals surface area contributed by atoms with Crippen LogP contribution in [0.5, 0.6) is 11.5 Å². The van der Waals surface area contributed by atoms with E-state index in [0.29, 0.717) is 18.8 Å². The zero-order chi connectivity index (χ0) is 17.4. The highest BCUT2D eigenvalue weighted by Crippen LogP contribution is 2.31. The van der Waals surface area contributed by atoms with Gasteiger partial charge in [0, 0.05) is 19.6 Å². The van der Waals surface area contributed by atoms with Gasteiger partial charge in [0.1, 0.15) is 22.5 Å². The smallest absolute Gasteiger partial charge is 0.244 e. The summed E-state index contributed by atoms with van der Waals surface area (Å²) in [6, 6.07) is 14.4. The van der Waals surface area contributed by atoms with E-state index in [1.807, 2.05) is 24.3 Å². The average molecular weight is 360 g/mol. The third kappa shape index (κ3) is 3.22. The van der Waals surface area contributed by atoms with Crippen LogP contribution in [0.1, 0.15) is 5.56 Å². The van der Waals surface area contributed by atoms with Gasteiger partial charge in [0.25, 0.3) is 0 Å². The first-order valence-electron chi connectivity index (χ1n) is 8.18. The Kier molecular flexibility index (Phi) is 4.15. The van der Waals surface area contributed by atoms with Crippen LogP contribution in [-0.4, -0.2) is 45.7 Å². The highest BCUT2D eigenvalue weighted by atomic mass is 32.2. The molecule has 1 fully saturated rings. The fourth-order valence-electron chi connectivity index (χ4n) is 3.44. The molecule has 0 amide bonds. The van der Waals surface area contributed by atoms with Crippen molar-refractivity contribution < 1.29 is 17.9 Å². The number of fused-ring (bicyclic) bond motifs is 2. The van der Waals surface area contributed by atoms with Gasteiger partial charge in [0.05, 0.1) is 13.2 Å². The number of hydrogen-bond donors (Lipinski definition) is 1. The molecule has 0 aromatic heterocycles. The number of rotatable bonds is 3. The molecule has 0 aliphatic carbocycles. The lowest BCUT2D eigenvalue weighted by molar-refractivity contribution is 0.184. The molecule has 4 rings (SSSR count). The summed E-state index contributed by atoms with van der Waals surface area (Å²) < 4.78 is 39.2. The van der Waals surface area contributed by atoms with Gasteiger partial charge in [-0.05, 0) is 29.8 Å². The molecule has 25 heavy (non-hydrogen) atoms. The van der Waals surface area contributed by atoms with E-state index in [0.717, 1.165) is 17.9 Å². The number of likely N-dealkylation sites (tertiary alicyclic amines) is 1. The SMILES string of the molecule is COc1cccc(CN2C[C@@H]3Oc4ccccc4S(=O)(=O)N[C@@H]3C2)c1. The Bertz CT molecular complexity index is 884. The monoisotopic (exact) mass is 360 g/mol. The Hall–Kier alpha value is -2.09. The van der Waals surface area contributed by atoms with Crippen LogP contribution in [0.2, 0.25) is 0 Å². The van der Waals surface area contributed by atoms with Crippen LogP contribution in [0.25, 0.3) is 0 Å². The van der Waals surface area contributed by atoms with E-state index < -0.39 is 10.0 Å². The standard InChI is InChI=1S/C18H20N2O4S/c1-23-14-6-4-5-13(9-14)10-20-11-15-17(12-20)24-16-7-2-3-8-18(16)25(21,22)19-15/h2-9,15,17,19H,10-12H2,1H3/t15-,17+/m1/s1. The molecule has 0 bridgehead atoms. The third-order valence-electron chi connectivity index (χ3n) is 4.61. The summed E-state index contributed by atoms with van der Waals surface area (Å²) >= 11 is 0. The van der Waals surface area contributed by atoms with Gasteiger partial charge in [0.2, 0.25) is 10.0 Å². The normalized spacial score (nSPS) is 24.7. The van der Waals surface area contributed by atoms with Crippen molar-refractivity contribution in [1.29, 1.82) is 0 Å². The van der Waals surface area contributed by atoms with Crippen molar-refractivity contribution in [3.05, 3.63) is 54.1 Å². The van der Waals surface area contributed by atoms with Gasteiger partial charge in [-0.15, -0.1) is 0 Å². The maximum atomic E-state index is 12.6. The molecule has 2 atom stereocenters. The molecule has 2 aromatic rings. The van der Waals surface area contributed by atoms with Gasteiger partial charge in [-0.2, -0.15) is 0 Å². The van der Waals surface area contributed by atoms with Gasteiger partial charge in [0.15, 0.2) is 0 Å². The molecule has 0 spiro atoms. The Morgan fingerprint density at radius 3 is 2.88 bits per heavy atom. The third-order valence-corrected chi connectivity index (χ3v) is 6.14. The lowest BCUT2D eigenvalue weighted by atomic mass is 10.2. The van der Waals surface area contributed by atoms with E-state index in [-0.39, 0.29) is 17.0 Å². The molecule has 0 unspecified atom stereocenters. The van der Waals surface area contributed by atoms with Crippen molar-refractivity contribution in [1.82, 2.24) is 9.62 Å². The Balaban J connectivity index is 1.54. The second kappa shape index (κ2) is 6.33. The Morgan fingerprint density at radius 1 is 1.20 bits per heavy atom. The van der Waals surface area contributed by atoms with E-state index in [1.165, 1.54) is 0 Å². The first-order chi connectivity index (χ1) is 12.0. The van der Waals surface area contributed by atoms with Gasteiger partial charge in [-0.1, -0.05) is 24.3 Å². The average Bonchev–Trinajstić information content (AvgIpc) is 2.91. The van der Waals surface area contributed by atoms with Crippen LogP contribution in [0.3, 0.4) is 0 Å². The molecule has 6 nitrogen and oxygen atoms in total. The predicted octanol–water partition coefficient (Wildman–Crippen LogP) is 1.62. The van der Waals surface area contributed by atoms with Crippen molar-refractivity contribution in [3.63, 3.8) is 0 Å². The minimum absolute atomic E-state index is 0.205. The van der Waals surface area contributed by atoms with E-state index >= 15 is 0 Å². The first kappa shape index (κ1) is 16.4. The molecule has 1 saturated heterocycles. The van der Waals surface area contributed by atoms with Crippen molar-refractivity contribution in [2.75, 3.05) is 20.2 Å². The Morgan fingerprint density at radius 2 is 2.04 bits per heavy atom. The molecule has 7 heteroatoms. The van der Waals surface area contributed by atoms with Crippen LogP contribution in [0.4, 0.5) is 0 Å². The van der Waals surface area contributed by atoms with E-state index in [1.54, 1.807) is 31.4 Å². The molecular weight excluding hydrogens is 340 g/mol. The summed E-state index contributed by atoms with van der Waals surface area (Å²) in [6.45, 7) is 1.99. The second-order valence-corrected chi connectivity index (χ2v) is 8.06. The van der Waals surface area contributed by atoms with Crippen molar-refractivity contribution >= 4 is 10.0 Å². The molecule has 0 saturated carbocycles. The number of hydrogen-bond acceptors (Lipinski definition) is 5. The largest absolute Gasteiger partial charge is 0.497 e. The molecule has 2 aromatic carbocycles. The minimum Gasteiger partial charge on any atom is -0.497 e. The topological polar surface area (TPSA) is 67.9 Å². The summed E-state index contributed by atoms with van der Waals surface area (Å²) in [6.07, 6.45) is -0.205. The van der Waals surface area contributed by atoms with Crippen LogP contribution in [0.15, 0.2) is 53.4 Å². The molecule has 2 aliphatic rings. The zero-order valence-electron chi connectivity index (χ0n) is 13.9. The fraction of sp³-hybridized carbons (Fsp3) is 0.333. The molecule has 1 N–H and O–H groups in total. The summed E-state index contributed by atoms with van der Waals surface area (Å²) in [4.78, 5) is 2.41. The highest BCUT2D eigenvalue weighted by molar-refractivity contribution is 7.89. The number of methoxy groups -OCH3 is 1. The fourth-order valence-corrected chi connectivity index (χ4v) is 4.83. The number of ether oxygens (including phenoxy) is 2.